The molecule has 2 N–H and O–H groups in total. The van der Waals surface area contributed by atoms with E-state index in [2.05, 4.69) is 20.8 Å². The first-order valence-corrected chi connectivity index (χ1v) is 5.50. The summed E-state index contributed by atoms with van der Waals surface area (Å²) in [5.41, 5.74) is 8.53. The van der Waals surface area contributed by atoms with Gasteiger partial charge in [0.15, 0.2) is 0 Å². The lowest BCUT2D eigenvalue weighted by atomic mass is 9.96. The van der Waals surface area contributed by atoms with Gasteiger partial charge in [0.25, 0.3) is 0 Å². The lowest BCUT2D eigenvalue weighted by Gasteiger charge is -2.15. The van der Waals surface area contributed by atoms with Gasteiger partial charge in [0, 0.05) is 6.04 Å². The summed E-state index contributed by atoms with van der Waals surface area (Å²) in [4.78, 5) is 0. The van der Waals surface area contributed by atoms with Crippen molar-refractivity contribution in [2.24, 2.45) is 11.7 Å². The highest BCUT2D eigenvalue weighted by molar-refractivity contribution is 5.15. The molecule has 0 spiro atoms. The van der Waals surface area contributed by atoms with E-state index in [0.717, 1.165) is 19.3 Å². The first-order chi connectivity index (χ1) is 6.52. The van der Waals surface area contributed by atoms with E-state index in [9.17, 15) is 4.39 Å². The van der Waals surface area contributed by atoms with Crippen molar-refractivity contribution in [1.82, 2.24) is 0 Å². The average Bonchev–Trinajstić information content (AvgIpc) is 2.22. The Morgan fingerprint density at radius 2 is 1.93 bits per heavy atom. The third-order valence-corrected chi connectivity index (χ3v) is 2.94. The van der Waals surface area contributed by atoms with Crippen LogP contribution in [0.3, 0.4) is 0 Å². The summed E-state index contributed by atoms with van der Waals surface area (Å²) in [6.07, 6.45) is 2.88. The topological polar surface area (TPSA) is 26.0 Å². The predicted octanol–water partition coefficient (Wildman–Crippen LogP) is 3.45. The van der Waals surface area contributed by atoms with Gasteiger partial charge in [0.1, 0.15) is 0 Å². The van der Waals surface area contributed by atoms with Crippen molar-refractivity contribution in [3.05, 3.63) is 11.1 Å². The van der Waals surface area contributed by atoms with E-state index in [1.54, 1.807) is 0 Å². The Bertz CT molecular complexity index is 187. The summed E-state index contributed by atoms with van der Waals surface area (Å²) in [6, 6.07) is 0.177. The summed E-state index contributed by atoms with van der Waals surface area (Å²) < 4.78 is 12.2. The van der Waals surface area contributed by atoms with Crippen LogP contribution in [0.5, 0.6) is 0 Å². The third kappa shape index (κ3) is 4.75. The highest BCUT2D eigenvalue weighted by Gasteiger charge is 2.07. The van der Waals surface area contributed by atoms with Gasteiger partial charge in [-0.2, -0.15) is 0 Å². The van der Waals surface area contributed by atoms with E-state index in [0.29, 0.717) is 0 Å². The molecule has 0 saturated carbocycles. The van der Waals surface area contributed by atoms with E-state index in [-0.39, 0.29) is 18.6 Å². The maximum atomic E-state index is 12.2. The number of hydrogen-bond donors (Lipinski definition) is 1. The molecule has 0 aromatic rings. The van der Waals surface area contributed by atoms with E-state index < -0.39 is 0 Å². The van der Waals surface area contributed by atoms with Crippen LogP contribution in [0.2, 0.25) is 0 Å². The second-order valence-corrected chi connectivity index (χ2v) is 4.28. The first-order valence-electron chi connectivity index (χ1n) is 5.50. The normalized spacial score (nSPS) is 17.6. The Morgan fingerprint density at radius 1 is 1.36 bits per heavy atom. The molecule has 0 aliphatic carbocycles. The molecule has 0 rings (SSSR count). The van der Waals surface area contributed by atoms with Crippen LogP contribution in [0, 0.1) is 5.92 Å². The zero-order valence-electron chi connectivity index (χ0n) is 9.94. The van der Waals surface area contributed by atoms with Gasteiger partial charge in [0.05, 0.1) is 6.67 Å². The Labute approximate surface area is 87.6 Å². The maximum absolute atomic E-state index is 12.2. The smallest absolute Gasteiger partial charge is 0.0920 e. The number of hydrogen-bond acceptors (Lipinski definition) is 1. The van der Waals surface area contributed by atoms with Gasteiger partial charge in [-0.1, -0.05) is 25.0 Å². The summed E-state index contributed by atoms with van der Waals surface area (Å²) in [5, 5.41) is 0. The molecule has 0 radical (unpaired) electrons. The van der Waals surface area contributed by atoms with Crippen molar-refractivity contribution in [3.63, 3.8) is 0 Å². The minimum absolute atomic E-state index is 0.176. The molecule has 0 aliphatic rings. The van der Waals surface area contributed by atoms with Crippen molar-refractivity contribution in [2.75, 3.05) is 6.67 Å². The summed E-state index contributed by atoms with van der Waals surface area (Å²) >= 11 is 0. The summed E-state index contributed by atoms with van der Waals surface area (Å²) in [6.45, 7) is 8.01. The Morgan fingerprint density at radius 3 is 2.36 bits per heavy atom. The molecule has 0 saturated heterocycles. The zero-order chi connectivity index (χ0) is 11.1. The van der Waals surface area contributed by atoms with Gasteiger partial charge in [-0.25, -0.2) is 0 Å². The molecular formula is C12H24FN. The Balaban J connectivity index is 4.09. The Kier molecular flexibility index (Phi) is 6.81. The second kappa shape index (κ2) is 6.99. The maximum Gasteiger partial charge on any atom is 0.0920 e. The molecule has 0 amide bonds. The van der Waals surface area contributed by atoms with Crippen molar-refractivity contribution < 1.29 is 4.39 Å². The van der Waals surface area contributed by atoms with Gasteiger partial charge in [0.2, 0.25) is 0 Å². The highest BCUT2D eigenvalue weighted by Crippen LogP contribution is 2.17. The molecule has 0 aromatic heterocycles. The van der Waals surface area contributed by atoms with Crippen LogP contribution in [-0.4, -0.2) is 12.7 Å². The number of rotatable bonds is 6. The molecule has 1 nitrogen and oxygen atoms in total. The molecule has 0 fully saturated rings. The van der Waals surface area contributed by atoms with Gasteiger partial charge in [-0.05, 0) is 39.0 Å². The van der Waals surface area contributed by atoms with Crippen molar-refractivity contribution >= 4 is 0 Å². The fraction of sp³-hybridized carbons (Fsp3) is 0.833. The SMILES string of the molecule is CCC(N)/C(C)=C(/C)CCC(C)CF. The van der Waals surface area contributed by atoms with E-state index >= 15 is 0 Å². The number of allylic oxidation sites excluding steroid dienone is 1. The predicted molar refractivity (Wildman–Crippen MR) is 61.0 cm³/mol. The number of alkyl halides is 1. The third-order valence-electron chi connectivity index (χ3n) is 2.94. The van der Waals surface area contributed by atoms with Crippen LogP contribution in [0.25, 0.3) is 0 Å². The van der Waals surface area contributed by atoms with Gasteiger partial charge in [-0.3, -0.25) is 4.39 Å². The van der Waals surface area contributed by atoms with E-state index in [1.807, 2.05) is 6.92 Å². The highest BCUT2D eigenvalue weighted by atomic mass is 19.1. The first kappa shape index (κ1) is 13.6. The van der Waals surface area contributed by atoms with Crippen LogP contribution in [0.1, 0.15) is 47.0 Å². The summed E-state index contributed by atoms with van der Waals surface area (Å²) in [7, 11) is 0. The lowest BCUT2D eigenvalue weighted by Crippen LogP contribution is -2.21. The van der Waals surface area contributed by atoms with Crippen LogP contribution in [0.4, 0.5) is 4.39 Å². The summed E-state index contributed by atoms with van der Waals surface area (Å²) in [5.74, 6) is 0.176. The molecule has 14 heavy (non-hydrogen) atoms. The Hall–Kier alpha value is -0.370. The van der Waals surface area contributed by atoms with E-state index in [4.69, 9.17) is 5.73 Å². The standard InChI is InChI=1S/C12H24FN/c1-5-12(14)11(4)10(3)7-6-9(2)8-13/h9,12H,5-8,14H2,1-4H3/b11-10-. The molecule has 2 heteroatoms. The minimum Gasteiger partial charge on any atom is -0.324 e. The van der Waals surface area contributed by atoms with Gasteiger partial charge in [-0.15, -0.1) is 0 Å². The molecule has 0 aliphatic heterocycles. The van der Waals surface area contributed by atoms with Crippen LogP contribution >= 0.6 is 0 Å². The number of nitrogens with two attached hydrogens (primary N) is 1. The molecule has 84 valence electrons. The van der Waals surface area contributed by atoms with Gasteiger partial charge >= 0.3 is 0 Å². The lowest BCUT2D eigenvalue weighted by molar-refractivity contribution is 0.365. The monoisotopic (exact) mass is 201 g/mol. The van der Waals surface area contributed by atoms with Crippen molar-refractivity contribution in [1.29, 1.82) is 0 Å². The van der Waals surface area contributed by atoms with Crippen LogP contribution in [0.15, 0.2) is 11.1 Å². The van der Waals surface area contributed by atoms with Crippen LogP contribution in [-0.2, 0) is 0 Å². The molecular weight excluding hydrogens is 177 g/mol. The fourth-order valence-corrected chi connectivity index (χ4v) is 1.36. The molecule has 0 bridgehead atoms. The second-order valence-electron chi connectivity index (χ2n) is 4.28. The van der Waals surface area contributed by atoms with E-state index in [1.165, 1.54) is 11.1 Å². The van der Waals surface area contributed by atoms with Gasteiger partial charge < -0.3 is 5.73 Å². The largest absolute Gasteiger partial charge is 0.324 e. The number of halogens is 1. The average molecular weight is 201 g/mol. The quantitative estimate of drug-likeness (QED) is 0.654. The molecule has 0 aromatic carbocycles. The minimum atomic E-state index is -0.216. The molecule has 0 heterocycles. The van der Waals surface area contributed by atoms with Crippen LogP contribution < -0.4 is 5.73 Å². The van der Waals surface area contributed by atoms with Crippen molar-refractivity contribution in [3.8, 4) is 0 Å². The fourth-order valence-electron chi connectivity index (χ4n) is 1.36. The molecule has 2 atom stereocenters. The molecule has 2 unspecified atom stereocenters. The zero-order valence-corrected chi connectivity index (χ0v) is 9.94. The van der Waals surface area contributed by atoms with Crippen molar-refractivity contribution in [2.45, 2.75) is 53.0 Å².